The largest absolute Gasteiger partial charge is 0.544 e. The molecule has 0 unspecified atom stereocenters. The second-order valence-corrected chi connectivity index (χ2v) is 4.39. The number of benzene rings is 1. The minimum atomic E-state index is -1.26. The van der Waals surface area contributed by atoms with Crippen molar-refractivity contribution in [2.75, 3.05) is 26.1 Å². The van der Waals surface area contributed by atoms with Crippen LogP contribution in [0.1, 0.15) is 13.3 Å². The summed E-state index contributed by atoms with van der Waals surface area (Å²) >= 11 is 0. The van der Waals surface area contributed by atoms with Gasteiger partial charge in [-0.25, -0.2) is 0 Å². The molecule has 0 aliphatic heterocycles. The van der Waals surface area contributed by atoms with Crippen LogP contribution in [0.25, 0.3) is 0 Å². The van der Waals surface area contributed by atoms with E-state index in [2.05, 4.69) is 5.32 Å². The Kier molecular flexibility index (Phi) is 6.48. The molecule has 0 saturated carbocycles. The number of hydrogen-bond acceptors (Lipinski definition) is 5. The van der Waals surface area contributed by atoms with Gasteiger partial charge in [0.15, 0.2) is 0 Å². The predicted molar refractivity (Wildman–Crippen MR) is 74.1 cm³/mol. The molecule has 7 heteroatoms. The van der Waals surface area contributed by atoms with E-state index in [0.717, 1.165) is 0 Å². The van der Waals surface area contributed by atoms with Crippen LogP contribution in [0.15, 0.2) is 18.2 Å². The maximum absolute atomic E-state index is 12.0. The van der Waals surface area contributed by atoms with Crippen molar-refractivity contribution in [2.24, 2.45) is 0 Å². The molecule has 0 aromatic heterocycles. The standard InChI is InChI=1S/C14H20N2O5/c1-4-15-11(14(18)19)8-13(17)16-10-7-9(20-2)5-6-12(10)21-3/h5-7,11,15H,4,8H2,1-3H3,(H,16,17)(H,18,19)/t11-/m0/s1. The number of amides is 1. The zero-order valence-corrected chi connectivity index (χ0v) is 12.3. The van der Waals surface area contributed by atoms with Crippen LogP contribution in [-0.2, 0) is 9.59 Å². The highest BCUT2D eigenvalue weighted by Crippen LogP contribution is 2.28. The molecule has 0 spiro atoms. The van der Waals surface area contributed by atoms with E-state index in [0.29, 0.717) is 23.7 Å². The highest BCUT2D eigenvalue weighted by molar-refractivity contribution is 5.94. The summed E-state index contributed by atoms with van der Waals surface area (Å²) in [5.41, 5.74) is 0.426. The third-order valence-corrected chi connectivity index (χ3v) is 2.91. The first-order valence-corrected chi connectivity index (χ1v) is 6.57. The number of hydrogen-bond donors (Lipinski definition) is 2. The molecular formula is C14H20N2O5. The number of ether oxygens (including phenoxy) is 2. The second kappa shape index (κ2) is 8.11. The van der Waals surface area contributed by atoms with Gasteiger partial charge in [0.2, 0.25) is 5.91 Å². The Morgan fingerprint density at radius 3 is 2.57 bits per heavy atom. The van der Waals surface area contributed by atoms with Crippen LogP contribution in [0.5, 0.6) is 11.5 Å². The third-order valence-electron chi connectivity index (χ3n) is 2.91. The quantitative estimate of drug-likeness (QED) is 0.623. The highest BCUT2D eigenvalue weighted by atomic mass is 16.5. The Balaban J connectivity index is 2.79. The van der Waals surface area contributed by atoms with Crippen molar-refractivity contribution in [2.45, 2.75) is 19.4 Å². The van der Waals surface area contributed by atoms with Crippen LogP contribution in [-0.4, -0.2) is 38.7 Å². The van der Waals surface area contributed by atoms with E-state index in [1.165, 1.54) is 19.5 Å². The normalized spacial score (nSPS) is 11.6. The van der Waals surface area contributed by atoms with Crippen LogP contribution < -0.4 is 25.2 Å². The first-order chi connectivity index (χ1) is 10.0. The van der Waals surface area contributed by atoms with Crippen LogP contribution in [0.2, 0.25) is 0 Å². The summed E-state index contributed by atoms with van der Waals surface area (Å²) in [4.78, 5) is 22.9. The molecule has 3 N–H and O–H groups in total. The molecule has 7 nitrogen and oxygen atoms in total. The van der Waals surface area contributed by atoms with Crippen molar-refractivity contribution in [3.8, 4) is 11.5 Å². The lowest BCUT2D eigenvalue weighted by atomic mass is 10.2. The van der Waals surface area contributed by atoms with Crippen molar-refractivity contribution in [1.82, 2.24) is 0 Å². The van der Waals surface area contributed by atoms with Gasteiger partial charge >= 0.3 is 0 Å². The summed E-state index contributed by atoms with van der Waals surface area (Å²) in [6.45, 7) is 2.35. The number of carbonyl (C=O) groups is 2. The van der Waals surface area contributed by atoms with Crippen molar-refractivity contribution in [1.29, 1.82) is 0 Å². The Bertz CT molecular complexity index is 504. The molecule has 0 radical (unpaired) electrons. The fraction of sp³-hybridized carbons (Fsp3) is 0.429. The summed E-state index contributed by atoms with van der Waals surface area (Å²) in [7, 11) is 2.99. The van der Waals surface area contributed by atoms with Gasteiger partial charge in [0.05, 0.1) is 38.8 Å². The van der Waals surface area contributed by atoms with E-state index in [4.69, 9.17) is 9.47 Å². The molecule has 1 amide bonds. The van der Waals surface area contributed by atoms with E-state index >= 15 is 0 Å². The number of nitrogens with one attached hydrogen (secondary N) is 1. The summed E-state index contributed by atoms with van der Waals surface area (Å²) in [5, 5.41) is 15.1. The minimum Gasteiger partial charge on any atom is -0.544 e. The molecule has 0 bridgehead atoms. The summed E-state index contributed by atoms with van der Waals surface area (Å²) < 4.78 is 10.2. The molecule has 21 heavy (non-hydrogen) atoms. The zero-order chi connectivity index (χ0) is 15.8. The van der Waals surface area contributed by atoms with E-state index in [1.54, 1.807) is 25.1 Å². The van der Waals surface area contributed by atoms with Gasteiger partial charge in [-0.05, 0) is 19.1 Å². The minimum absolute atomic E-state index is 0.184. The molecule has 1 atom stereocenters. The predicted octanol–water partition coefficient (Wildman–Crippen LogP) is -1.27. The second-order valence-electron chi connectivity index (χ2n) is 4.39. The van der Waals surface area contributed by atoms with Crippen LogP contribution in [0, 0.1) is 0 Å². The number of carboxylic acid groups (broad SMARTS) is 1. The zero-order valence-electron chi connectivity index (χ0n) is 12.3. The molecular weight excluding hydrogens is 276 g/mol. The van der Waals surface area contributed by atoms with Crippen molar-refractivity contribution < 1.29 is 29.5 Å². The molecule has 0 aliphatic carbocycles. The molecule has 1 rings (SSSR count). The fourth-order valence-electron chi connectivity index (χ4n) is 1.86. The van der Waals surface area contributed by atoms with E-state index in [9.17, 15) is 14.7 Å². The van der Waals surface area contributed by atoms with E-state index in [-0.39, 0.29) is 6.42 Å². The van der Waals surface area contributed by atoms with Gasteiger partial charge in [0, 0.05) is 6.07 Å². The molecule has 116 valence electrons. The topological polar surface area (TPSA) is 104 Å². The SMILES string of the molecule is CC[NH2+][C@@H](CC(=O)Nc1cc(OC)ccc1OC)C(=O)[O-]. The monoisotopic (exact) mass is 296 g/mol. The summed E-state index contributed by atoms with van der Waals surface area (Å²) in [5.74, 6) is -0.665. The lowest BCUT2D eigenvalue weighted by Crippen LogP contribution is -2.93. The van der Waals surface area contributed by atoms with Crippen molar-refractivity contribution in [3.05, 3.63) is 18.2 Å². The lowest BCUT2D eigenvalue weighted by molar-refractivity contribution is -0.679. The number of likely N-dealkylation sites (N-methyl/N-ethyl adjacent to an activating group) is 1. The van der Waals surface area contributed by atoms with Crippen LogP contribution >= 0.6 is 0 Å². The number of rotatable bonds is 8. The number of nitrogens with two attached hydrogens (primary N) is 1. The van der Waals surface area contributed by atoms with Gasteiger partial charge in [0.1, 0.15) is 17.5 Å². The van der Waals surface area contributed by atoms with Gasteiger partial charge < -0.3 is 30.0 Å². The number of quaternary nitrogens is 1. The highest BCUT2D eigenvalue weighted by Gasteiger charge is 2.18. The maximum Gasteiger partial charge on any atom is 0.230 e. The van der Waals surface area contributed by atoms with Crippen LogP contribution in [0.3, 0.4) is 0 Å². The van der Waals surface area contributed by atoms with Gasteiger partial charge in [0.25, 0.3) is 0 Å². The van der Waals surface area contributed by atoms with Gasteiger partial charge in [-0.3, -0.25) is 4.79 Å². The maximum atomic E-state index is 12.0. The molecule has 0 heterocycles. The van der Waals surface area contributed by atoms with E-state index in [1.807, 2.05) is 0 Å². The van der Waals surface area contributed by atoms with E-state index < -0.39 is 17.9 Å². The number of methoxy groups -OCH3 is 2. The first-order valence-electron chi connectivity index (χ1n) is 6.57. The third kappa shape index (κ3) is 4.96. The average Bonchev–Trinajstić information content (AvgIpc) is 2.46. The number of carboxylic acids is 1. The van der Waals surface area contributed by atoms with Gasteiger partial charge in [-0.15, -0.1) is 0 Å². The van der Waals surface area contributed by atoms with Gasteiger partial charge in [-0.2, -0.15) is 0 Å². The Morgan fingerprint density at radius 1 is 1.33 bits per heavy atom. The average molecular weight is 296 g/mol. The smallest absolute Gasteiger partial charge is 0.230 e. The van der Waals surface area contributed by atoms with Crippen LogP contribution in [0.4, 0.5) is 5.69 Å². The Hall–Kier alpha value is -2.28. The van der Waals surface area contributed by atoms with Crippen molar-refractivity contribution >= 4 is 17.6 Å². The van der Waals surface area contributed by atoms with Gasteiger partial charge in [-0.1, -0.05) is 0 Å². The molecule has 1 aromatic rings. The molecule has 0 aliphatic rings. The number of carbonyl (C=O) groups excluding carboxylic acids is 2. The Labute approximate surface area is 123 Å². The molecule has 0 saturated heterocycles. The first kappa shape index (κ1) is 16.8. The molecule has 1 aromatic carbocycles. The van der Waals surface area contributed by atoms with Crippen molar-refractivity contribution in [3.63, 3.8) is 0 Å². The fourth-order valence-corrected chi connectivity index (χ4v) is 1.86. The summed E-state index contributed by atoms with van der Waals surface area (Å²) in [6, 6.07) is 4.05. The molecule has 0 fully saturated rings. The number of aliphatic carboxylic acids is 1. The Morgan fingerprint density at radius 2 is 2.05 bits per heavy atom. The summed E-state index contributed by atoms with van der Waals surface area (Å²) in [6.07, 6.45) is -0.184. The number of anilines is 1. The lowest BCUT2D eigenvalue weighted by Gasteiger charge is -2.16.